The Hall–Kier alpha value is -2.08. The zero-order valence-electron chi connectivity index (χ0n) is 15.0. The van der Waals surface area contributed by atoms with Gasteiger partial charge in [0.25, 0.3) is 0 Å². The maximum Gasteiger partial charge on any atom is 0.248 e. The normalized spacial score (nSPS) is 17.1. The molecule has 3 rings (SSSR count). The molecule has 24 heavy (non-hydrogen) atoms. The SMILES string of the molecule is CCN1CCN(c2ccc(N[C@@H](C)c3nc(C)no3)c(C)c2)CC1. The summed E-state index contributed by atoms with van der Waals surface area (Å²) in [5.74, 6) is 1.28. The third-order valence-electron chi connectivity index (χ3n) is 4.68. The van der Waals surface area contributed by atoms with E-state index in [9.17, 15) is 0 Å². The number of piperazine rings is 1. The molecule has 1 aromatic carbocycles. The molecule has 2 aromatic rings. The van der Waals surface area contributed by atoms with Crippen LogP contribution in [0.3, 0.4) is 0 Å². The van der Waals surface area contributed by atoms with Crippen LogP contribution in [0.4, 0.5) is 11.4 Å². The van der Waals surface area contributed by atoms with Gasteiger partial charge in [-0.1, -0.05) is 12.1 Å². The number of nitrogens with zero attached hydrogens (tertiary/aromatic N) is 4. The van der Waals surface area contributed by atoms with Crippen molar-refractivity contribution < 1.29 is 4.52 Å². The molecule has 0 bridgehead atoms. The Bertz CT molecular complexity index is 676. The summed E-state index contributed by atoms with van der Waals surface area (Å²) >= 11 is 0. The smallest absolute Gasteiger partial charge is 0.248 e. The molecule has 6 nitrogen and oxygen atoms in total. The first kappa shape index (κ1) is 16.8. The highest BCUT2D eigenvalue weighted by molar-refractivity contribution is 5.60. The Labute approximate surface area is 143 Å². The summed E-state index contributed by atoms with van der Waals surface area (Å²) in [6, 6.07) is 6.60. The van der Waals surface area contributed by atoms with Crippen molar-refractivity contribution in [3.63, 3.8) is 0 Å². The fourth-order valence-corrected chi connectivity index (χ4v) is 3.11. The largest absolute Gasteiger partial charge is 0.374 e. The molecule has 0 saturated carbocycles. The highest BCUT2D eigenvalue weighted by Gasteiger charge is 2.17. The number of benzene rings is 1. The van der Waals surface area contributed by atoms with Crippen molar-refractivity contribution in [1.29, 1.82) is 0 Å². The average molecular weight is 329 g/mol. The summed E-state index contributed by atoms with van der Waals surface area (Å²) in [5.41, 5.74) is 3.64. The van der Waals surface area contributed by atoms with Gasteiger partial charge in [0.2, 0.25) is 5.89 Å². The van der Waals surface area contributed by atoms with Crippen molar-refractivity contribution in [3.8, 4) is 0 Å². The number of likely N-dealkylation sites (N-methyl/N-ethyl adjacent to an activating group) is 1. The molecule has 6 heteroatoms. The first-order chi connectivity index (χ1) is 11.6. The molecule has 0 aliphatic carbocycles. The first-order valence-corrected chi connectivity index (χ1v) is 8.71. The van der Waals surface area contributed by atoms with E-state index in [2.05, 4.69) is 57.3 Å². The monoisotopic (exact) mass is 329 g/mol. The predicted octanol–water partition coefficient (Wildman–Crippen LogP) is 3.00. The zero-order chi connectivity index (χ0) is 17.1. The highest BCUT2D eigenvalue weighted by atomic mass is 16.5. The molecule has 1 atom stereocenters. The Morgan fingerprint density at radius 1 is 1.21 bits per heavy atom. The minimum atomic E-state index is -0.0103. The Morgan fingerprint density at radius 3 is 2.54 bits per heavy atom. The van der Waals surface area contributed by atoms with E-state index >= 15 is 0 Å². The average Bonchev–Trinajstić information content (AvgIpc) is 3.03. The molecule has 130 valence electrons. The lowest BCUT2D eigenvalue weighted by atomic mass is 10.1. The molecular weight excluding hydrogens is 302 g/mol. The van der Waals surface area contributed by atoms with Crippen LogP contribution >= 0.6 is 0 Å². The Morgan fingerprint density at radius 2 is 1.96 bits per heavy atom. The van der Waals surface area contributed by atoms with Gasteiger partial charge in [-0.25, -0.2) is 0 Å². The summed E-state index contributed by atoms with van der Waals surface area (Å²) in [6.45, 7) is 13.8. The predicted molar refractivity (Wildman–Crippen MR) is 96.6 cm³/mol. The van der Waals surface area contributed by atoms with Gasteiger partial charge in [-0.2, -0.15) is 4.98 Å². The number of anilines is 2. The van der Waals surface area contributed by atoms with Gasteiger partial charge >= 0.3 is 0 Å². The third kappa shape index (κ3) is 3.70. The van der Waals surface area contributed by atoms with Gasteiger partial charge in [-0.15, -0.1) is 0 Å². The van der Waals surface area contributed by atoms with E-state index in [-0.39, 0.29) is 6.04 Å². The fourth-order valence-electron chi connectivity index (χ4n) is 3.11. The maximum atomic E-state index is 5.24. The van der Waals surface area contributed by atoms with E-state index in [1.165, 1.54) is 11.3 Å². The summed E-state index contributed by atoms with van der Waals surface area (Å²) in [4.78, 5) is 9.25. The van der Waals surface area contributed by atoms with Crippen LogP contribution in [0.5, 0.6) is 0 Å². The van der Waals surface area contributed by atoms with Gasteiger partial charge < -0.3 is 19.6 Å². The molecule has 0 amide bonds. The Balaban J connectivity index is 1.66. The molecule has 0 radical (unpaired) electrons. The fraction of sp³-hybridized carbons (Fsp3) is 0.556. The summed E-state index contributed by atoms with van der Waals surface area (Å²) in [5, 5.41) is 7.32. The molecule has 1 aromatic heterocycles. The topological polar surface area (TPSA) is 57.4 Å². The molecule has 0 spiro atoms. The lowest BCUT2D eigenvalue weighted by molar-refractivity contribution is 0.271. The first-order valence-electron chi connectivity index (χ1n) is 8.71. The molecule has 2 heterocycles. The molecule has 0 unspecified atom stereocenters. The number of aromatic nitrogens is 2. The Kier molecular flexibility index (Phi) is 5.04. The van der Waals surface area contributed by atoms with Crippen molar-refractivity contribution in [2.24, 2.45) is 0 Å². The van der Waals surface area contributed by atoms with Crippen LogP contribution in [0, 0.1) is 13.8 Å². The van der Waals surface area contributed by atoms with E-state index in [0.29, 0.717) is 11.7 Å². The molecule has 1 fully saturated rings. The van der Waals surface area contributed by atoms with Gasteiger partial charge in [0.15, 0.2) is 5.82 Å². The van der Waals surface area contributed by atoms with Crippen LogP contribution in [0.2, 0.25) is 0 Å². The van der Waals surface area contributed by atoms with Crippen molar-refractivity contribution in [1.82, 2.24) is 15.0 Å². The second-order valence-electron chi connectivity index (χ2n) is 6.47. The maximum absolute atomic E-state index is 5.24. The molecule has 1 aliphatic heterocycles. The summed E-state index contributed by atoms with van der Waals surface area (Å²) < 4.78 is 5.24. The van der Waals surface area contributed by atoms with Crippen molar-refractivity contribution >= 4 is 11.4 Å². The second-order valence-corrected chi connectivity index (χ2v) is 6.47. The van der Waals surface area contributed by atoms with Crippen LogP contribution in [0.25, 0.3) is 0 Å². The van der Waals surface area contributed by atoms with Gasteiger partial charge in [-0.3, -0.25) is 0 Å². The van der Waals surface area contributed by atoms with Crippen LogP contribution in [0.15, 0.2) is 22.7 Å². The van der Waals surface area contributed by atoms with Crippen LogP contribution in [-0.2, 0) is 0 Å². The van der Waals surface area contributed by atoms with E-state index in [0.717, 1.165) is 38.4 Å². The van der Waals surface area contributed by atoms with Crippen molar-refractivity contribution in [2.75, 3.05) is 42.9 Å². The number of rotatable bonds is 5. The standard InChI is InChI=1S/C18H27N5O/c1-5-22-8-10-23(11-9-22)16-6-7-17(13(2)12-16)19-14(3)18-20-15(4)21-24-18/h6-7,12,14,19H,5,8-11H2,1-4H3/t14-/m0/s1. The van der Waals surface area contributed by atoms with Gasteiger partial charge in [0, 0.05) is 37.6 Å². The second kappa shape index (κ2) is 7.21. The number of hydrogen-bond acceptors (Lipinski definition) is 6. The van der Waals surface area contributed by atoms with E-state index in [1.54, 1.807) is 0 Å². The lowest BCUT2D eigenvalue weighted by Gasteiger charge is -2.35. The van der Waals surface area contributed by atoms with Crippen molar-refractivity contribution in [2.45, 2.75) is 33.7 Å². The quantitative estimate of drug-likeness (QED) is 0.910. The van der Waals surface area contributed by atoms with Gasteiger partial charge in [0.05, 0.1) is 0 Å². The third-order valence-corrected chi connectivity index (χ3v) is 4.68. The molecule has 1 saturated heterocycles. The zero-order valence-corrected chi connectivity index (χ0v) is 15.0. The van der Waals surface area contributed by atoms with E-state index in [4.69, 9.17) is 4.52 Å². The number of aryl methyl sites for hydroxylation is 2. The molecular formula is C18H27N5O. The van der Waals surface area contributed by atoms with Crippen LogP contribution in [-0.4, -0.2) is 47.8 Å². The molecule has 1 N–H and O–H groups in total. The summed E-state index contributed by atoms with van der Waals surface area (Å²) in [6.07, 6.45) is 0. The minimum Gasteiger partial charge on any atom is -0.374 e. The summed E-state index contributed by atoms with van der Waals surface area (Å²) in [7, 11) is 0. The minimum absolute atomic E-state index is 0.0103. The van der Waals surface area contributed by atoms with Crippen LogP contribution in [0.1, 0.15) is 37.2 Å². The highest BCUT2D eigenvalue weighted by Crippen LogP contribution is 2.26. The van der Waals surface area contributed by atoms with Gasteiger partial charge in [0.1, 0.15) is 6.04 Å². The van der Waals surface area contributed by atoms with E-state index in [1.807, 2.05) is 13.8 Å². The lowest BCUT2D eigenvalue weighted by Crippen LogP contribution is -2.46. The number of hydrogen-bond donors (Lipinski definition) is 1. The van der Waals surface area contributed by atoms with Crippen molar-refractivity contribution in [3.05, 3.63) is 35.5 Å². The molecule has 1 aliphatic rings. The van der Waals surface area contributed by atoms with E-state index < -0.39 is 0 Å². The van der Waals surface area contributed by atoms with Crippen LogP contribution < -0.4 is 10.2 Å². The van der Waals surface area contributed by atoms with Gasteiger partial charge in [-0.05, 0) is 51.1 Å². The number of nitrogens with one attached hydrogen (secondary N) is 1.